The standard InChI is InChI=1S/C42H50O8/c1-4-34-30-37(21-25-40(34)48-27-11-7-9-13-29-50-42(46)32(3)31-43)35-17-14-33(15-18-35)16-24-39(44)36-19-22-38(23-20-36)47-26-10-6-8-12-28-49-41(45)5-2/h5,14-25,30,43H,2-4,6-13,26-29,31H2,1H3/b24-16+. The smallest absolute Gasteiger partial charge is 0.335 e. The zero-order valence-electron chi connectivity index (χ0n) is 29.2. The molecule has 3 rings (SSSR count). The van der Waals surface area contributed by atoms with Crippen LogP contribution in [0.15, 0.2) is 97.6 Å². The Labute approximate surface area is 296 Å². The summed E-state index contributed by atoms with van der Waals surface area (Å²) in [6, 6.07) is 21.6. The van der Waals surface area contributed by atoms with Crippen molar-refractivity contribution in [3.05, 3.63) is 114 Å². The Balaban J connectivity index is 1.38. The minimum Gasteiger partial charge on any atom is -0.494 e. The van der Waals surface area contributed by atoms with Crippen LogP contribution in [0.3, 0.4) is 0 Å². The summed E-state index contributed by atoms with van der Waals surface area (Å²) >= 11 is 0. The number of hydrogen-bond acceptors (Lipinski definition) is 8. The molecule has 3 aromatic carbocycles. The number of aliphatic hydroxyl groups excluding tert-OH is 1. The quantitative estimate of drug-likeness (QED) is 0.0434. The van der Waals surface area contributed by atoms with Crippen LogP contribution in [-0.4, -0.2) is 55.9 Å². The van der Waals surface area contributed by atoms with E-state index in [1.165, 1.54) is 6.08 Å². The molecule has 0 aliphatic carbocycles. The summed E-state index contributed by atoms with van der Waals surface area (Å²) in [6.45, 7) is 10.5. The summed E-state index contributed by atoms with van der Waals surface area (Å²) in [4.78, 5) is 35.3. The van der Waals surface area contributed by atoms with Crippen molar-refractivity contribution in [1.29, 1.82) is 0 Å². The average molecular weight is 683 g/mol. The molecule has 0 heterocycles. The Morgan fingerprint density at radius 3 is 1.94 bits per heavy atom. The predicted octanol–water partition coefficient (Wildman–Crippen LogP) is 8.51. The first-order chi connectivity index (χ1) is 24.3. The first kappa shape index (κ1) is 39.5. The van der Waals surface area contributed by atoms with Gasteiger partial charge in [0, 0.05) is 11.6 Å². The molecule has 0 spiro atoms. The van der Waals surface area contributed by atoms with Crippen LogP contribution < -0.4 is 9.47 Å². The molecule has 0 aromatic heterocycles. The van der Waals surface area contributed by atoms with E-state index < -0.39 is 5.97 Å². The van der Waals surface area contributed by atoms with Gasteiger partial charge in [-0.2, -0.15) is 0 Å². The number of benzene rings is 3. The Hall–Kier alpha value is -4.95. The molecular formula is C42H50O8. The zero-order chi connectivity index (χ0) is 36.0. The maximum Gasteiger partial charge on any atom is 0.335 e. The maximum absolute atomic E-state index is 12.8. The van der Waals surface area contributed by atoms with Crippen molar-refractivity contribution in [2.45, 2.75) is 64.7 Å². The van der Waals surface area contributed by atoms with E-state index in [0.717, 1.165) is 91.5 Å². The van der Waals surface area contributed by atoms with Crippen LogP contribution in [0.4, 0.5) is 0 Å². The van der Waals surface area contributed by atoms with E-state index >= 15 is 0 Å². The lowest BCUT2D eigenvalue weighted by Crippen LogP contribution is -2.10. The lowest BCUT2D eigenvalue weighted by Gasteiger charge is -2.13. The van der Waals surface area contributed by atoms with Gasteiger partial charge in [0.1, 0.15) is 11.5 Å². The third kappa shape index (κ3) is 14.3. The van der Waals surface area contributed by atoms with E-state index in [1.807, 2.05) is 36.4 Å². The summed E-state index contributed by atoms with van der Waals surface area (Å²) in [5.41, 5.74) is 4.94. The molecule has 8 heteroatoms. The molecule has 0 amide bonds. The number of ketones is 1. The van der Waals surface area contributed by atoms with Gasteiger partial charge in [0.2, 0.25) is 0 Å². The van der Waals surface area contributed by atoms with Gasteiger partial charge in [-0.15, -0.1) is 0 Å². The van der Waals surface area contributed by atoms with Crippen molar-refractivity contribution < 1.29 is 38.4 Å². The molecular weight excluding hydrogens is 632 g/mol. The molecule has 0 saturated carbocycles. The lowest BCUT2D eigenvalue weighted by atomic mass is 10.00. The first-order valence-corrected chi connectivity index (χ1v) is 17.4. The molecule has 50 heavy (non-hydrogen) atoms. The van der Waals surface area contributed by atoms with Gasteiger partial charge in [0.05, 0.1) is 38.6 Å². The van der Waals surface area contributed by atoms with Crippen LogP contribution in [0.25, 0.3) is 17.2 Å². The maximum atomic E-state index is 12.8. The number of ether oxygens (including phenoxy) is 4. The van der Waals surface area contributed by atoms with Crippen molar-refractivity contribution in [3.8, 4) is 22.6 Å². The fourth-order valence-corrected chi connectivity index (χ4v) is 5.00. The summed E-state index contributed by atoms with van der Waals surface area (Å²) in [6.07, 6.45) is 12.6. The molecule has 0 bridgehead atoms. The third-order valence-corrected chi connectivity index (χ3v) is 7.98. The van der Waals surface area contributed by atoms with Gasteiger partial charge in [0.25, 0.3) is 0 Å². The molecule has 0 saturated heterocycles. The molecule has 3 aromatic rings. The van der Waals surface area contributed by atoms with Crippen molar-refractivity contribution in [1.82, 2.24) is 0 Å². The van der Waals surface area contributed by atoms with E-state index in [0.29, 0.717) is 32.0 Å². The van der Waals surface area contributed by atoms with Gasteiger partial charge < -0.3 is 24.1 Å². The van der Waals surface area contributed by atoms with Crippen molar-refractivity contribution in [2.24, 2.45) is 0 Å². The second kappa shape index (κ2) is 22.6. The first-order valence-electron chi connectivity index (χ1n) is 17.4. The van der Waals surface area contributed by atoms with Gasteiger partial charge in [-0.25, -0.2) is 9.59 Å². The molecule has 0 atom stereocenters. The highest BCUT2D eigenvalue weighted by Gasteiger charge is 2.08. The average Bonchev–Trinajstić information content (AvgIpc) is 3.15. The summed E-state index contributed by atoms with van der Waals surface area (Å²) in [5.74, 6) is 0.611. The van der Waals surface area contributed by atoms with Gasteiger partial charge in [-0.1, -0.05) is 56.5 Å². The Morgan fingerprint density at radius 2 is 1.32 bits per heavy atom. The van der Waals surface area contributed by atoms with E-state index in [1.54, 1.807) is 18.2 Å². The second-order valence-electron chi connectivity index (χ2n) is 11.8. The number of rotatable bonds is 24. The Bertz CT molecular complexity index is 1550. The summed E-state index contributed by atoms with van der Waals surface area (Å²) < 4.78 is 21.9. The minimum absolute atomic E-state index is 0.0727. The van der Waals surface area contributed by atoms with E-state index in [9.17, 15) is 14.4 Å². The fourth-order valence-electron chi connectivity index (χ4n) is 5.00. The molecule has 0 aliphatic heterocycles. The van der Waals surface area contributed by atoms with E-state index in [2.05, 4.69) is 44.3 Å². The van der Waals surface area contributed by atoms with Crippen LogP contribution in [0, 0.1) is 0 Å². The molecule has 0 radical (unpaired) electrons. The van der Waals surface area contributed by atoms with Gasteiger partial charge >= 0.3 is 11.9 Å². The highest BCUT2D eigenvalue weighted by Crippen LogP contribution is 2.28. The predicted molar refractivity (Wildman–Crippen MR) is 197 cm³/mol. The van der Waals surface area contributed by atoms with Crippen LogP contribution in [0.1, 0.15) is 79.8 Å². The third-order valence-electron chi connectivity index (χ3n) is 7.98. The normalized spacial score (nSPS) is 10.8. The molecule has 0 fully saturated rings. The number of allylic oxidation sites excluding steroid dienone is 1. The fraction of sp³-hybridized carbons (Fsp3) is 0.357. The lowest BCUT2D eigenvalue weighted by molar-refractivity contribution is -0.140. The largest absolute Gasteiger partial charge is 0.494 e. The van der Waals surface area contributed by atoms with Crippen LogP contribution >= 0.6 is 0 Å². The number of esters is 2. The summed E-state index contributed by atoms with van der Waals surface area (Å²) in [5, 5.41) is 8.90. The van der Waals surface area contributed by atoms with E-state index in [-0.39, 0.29) is 23.9 Å². The highest BCUT2D eigenvalue weighted by molar-refractivity contribution is 6.06. The molecule has 0 aliphatic rings. The molecule has 266 valence electrons. The number of hydrogen-bond donors (Lipinski definition) is 1. The second-order valence-corrected chi connectivity index (χ2v) is 11.8. The molecule has 1 N–H and O–H groups in total. The number of unbranched alkanes of at least 4 members (excludes halogenated alkanes) is 6. The van der Waals surface area contributed by atoms with Crippen molar-refractivity contribution in [3.63, 3.8) is 0 Å². The summed E-state index contributed by atoms with van der Waals surface area (Å²) in [7, 11) is 0. The Kier molecular flexibility index (Phi) is 17.9. The number of aliphatic hydroxyl groups is 1. The van der Waals surface area contributed by atoms with Crippen LogP contribution in [-0.2, 0) is 25.5 Å². The van der Waals surface area contributed by atoms with Crippen molar-refractivity contribution >= 4 is 23.8 Å². The number of aryl methyl sites for hydroxylation is 1. The van der Waals surface area contributed by atoms with E-state index in [4.69, 9.17) is 24.1 Å². The van der Waals surface area contributed by atoms with Gasteiger partial charge in [0.15, 0.2) is 5.78 Å². The minimum atomic E-state index is -0.542. The Morgan fingerprint density at radius 1 is 0.720 bits per heavy atom. The topological polar surface area (TPSA) is 108 Å². The number of carbonyl (C=O) groups is 3. The zero-order valence-corrected chi connectivity index (χ0v) is 29.2. The SMILES string of the molecule is C=CC(=O)OCCCCCCOc1ccc(C(=O)/C=C/c2ccc(-c3ccc(OCCCCCCOC(=O)C(=C)CO)c(CC)c3)cc2)cc1. The van der Waals surface area contributed by atoms with Crippen LogP contribution in [0.5, 0.6) is 11.5 Å². The highest BCUT2D eigenvalue weighted by atomic mass is 16.5. The molecule has 0 unspecified atom stereocenters. The van der Waals surface area contributed by atoms with Crippen molar-refractivity contribution in [2.75, 3.05) is 33.0 Å². The molecule has 8 nitrogen and oxygen atoms in total. The van der Waals surface area contributed by atoms with Gasteiger partial charge in [-0.3, -0.25) is 4.79 Å². The monoisotopic (exact) mass is 682 g/mol. The number of carbonyl (C=O) groups excluding carboxylic acids is 3. The van der Waals surface area contributed by atoms with Crippen LogP contribution in [0.2, 0.25) is 0 Å². The van der Waals surface area contributed by atoms with Gasteiger partial charge in [-0.05, 0) is 123 Å².